The average molecular weight is 300 g/mol. The normalized spacial score (nSPS) is 11.5. The van der Waals surface area contributed by atoms with E-state index >= 15 is 0 Å². The third kappa shape index (κ3) is 3.12. The minimum absolute atomic E-state index is 0.0531. The third-order valence-electron chi connectivity index (χ3n) is 2.50. The molecule has 0 aliphatic carbocycles. The fourth-order valence-corrected chi connectivity index (χ4v) is 3.79. The number of nitrogens with one attached hydrogen (secondary N) is 1. The van der Waals surface area contributed by atoms with Crippen molar-refractivity contribution in [3.63, 3.8) is 0 Å². The van der Waals surface area contributed by atoms with Crippen molar-refractivity contribution < 1.29 is 12.8 Å². The summed E-state index contributed by atoms with van der Waals surface area (Å²) in [5, 5.41) is 1.67. The SMILES string of the molecule is Cc1ccc(F)c(NS(=O)(=O)c2cc(CN)cs2)c1. The second-order valence-electron chi connectivity index (χ2n) is 4.07. The minimum atomic E-state index is -3.77. The Morgan fingerprint density at radius 2 is 2.11 bits per heavy atom. The molecule has 0 aliphatic rings. The highest BCUT2D eigenvalue weighted by Gasteiger charge is 2.18. The second-order valence-corrected chi connectivity index (χ2v) is 6.89. The minimum Gasteiger partial charge on any atom is -0.326 e. The largest absolute Gasteiger partial charge is 0.326 e. The van der Waals surface area contributed by atoms with Gasteiger partial charge in [0.05, 0.1) is 5.69 Å². The molecule has 3 N–H and O–H groups in total. The van der Waals surface area contributed by atoms with Crippen LogP contribution in [0.5, 0.6) is 0 Å². The van der Waals surface area contributed by atoms with Crippen molar-refractivity contribution in [2.75, 3.05) is 4.72 Å². The van der Waals surface area contributed by atoms with Gasteiger partial charge in [-0.05, 0) is 41.6 Å². The highest BCUT2D eigenvalue weighted by Crippen LogP contribution is 2.24. The average Bonchev–Trinajstić information content (AvgIpc) is 2.83. The molecule has 19 heavy (non-hydrogen) atoms. The van der Waals surface area contributed by atoms with E-state index in [2.05, 4.69) is 4.72 Å². The van der Waals surface area contributed by atoms with E-state index in [1.54, 1.807) is 18.4 Å². The summed E-state index contributed by atoms with van der Waals surface area (Å²) in [7, 11) is -3.77. The van der Waals surface area contributed by atoms with Gasteiger partial charge in [-0.3, -0.25) is 4.72 Å². The lowest BCUT2D eigenvalue weighted by Crippen LogP contribution is -2.12. The van der Waals surface area contributed by atoms with E-state index in [0.29, 0.717) is 0 Å². The van der Waals surface area contributed by atoms with Gasteiger partial charge in [-0.2, -0.15) is 0 Å². The molecule has 0 radical (unpaired) electrons. The summed E-state index contributed by atoms with van der Waals surface area (Å²) in [5.74, 6) is -0.607. The Balaban J connectivity index is 2.33. The molecule has 102 valence electrons. The van der Waals surface area contributed by atoms with Crippen LogP contribution in [0.15, 0.2) is 33.9 Å². The van der Waals surface area contributed by atoms with Crippen LogP contribution < -0.4 is 10.5 Å². The van der Waals surface area contributed by atoms with Crippen LogP contribution in [0.25, 0.3) is 0 Å². The van der Waals surface area contributed by atoms with Gasteiger partial charge in [0.1, 0.15) is 10.0 Å². The van der Waals surface area contributed by atoms with E-state index in [-0.39, 0.29) is 16.4 Å². The van der Waals surface area contributed by atoms with Crippen LogP contribution in [0.2, 0.25) is 0 Å². The van der Waals surface area contributed by atoms with Gasteiger partial charge in [0.25, 0.3) is 10.0 Å². The first-order chi connectivity index (χ1) is 8.92. The van der Waals surface area contributed by atoms with Crippen LogP contribution >= 0.6 is 11.3 Å². The zero-order valence-corrected chi connectivity index (χ0v) is 11.8. The number of hydrogen-bond donors (Lipinski definition) is 2. The zero-order chi connectivity index (χ0) is 14.0. The number of halogens is 1. The van der Waals surface area contributed by atoms with Gasteiger partial charge in [0.15, 0.2) is 0 Å². The molecule has 2 rings (SSSR count). The molecule has 0 spiro atoms. The number of hydrogen-bond acceptors (Lipinski definition) is 4. The van der Waals surface area contributed by atoms with Crippen molar-refractivity contribution >= 4 is 27.0 Å². The Morgan fingerprint density at radius 1 is 1.37 bits per heavy atom. The quantitative estimate of drug-likeness (QED) is 0.911. The van der Waals surface area contributed by atoms with Gasteiger partial charge < -0.3 is 5.73 Å². The highest BCUT2D eigenvalue weighted by atomic mass is 32.2. The van der Waals surface area contributed by atoms with Crippen LogP contribution in [0, 0.1) is 12.7 Å². The number of sulfonamides is 1. The molecule has 1 aromatic heterocycles. The first kappa shape index (κ1) is 14.0. The molecular weight excluding hydrogens is 287 g/mol. The van der Waals surface area contributed by atoms with Gasteiger partial charge in [-0.25, -0.2) is 12.8 Å². The van der Waals surface area contributed by atoms with Gasteiger partial charge in [0, 0.05) is 6.54 Å². The summed E-state index contributed by atoms with van der Waals surface area (Å²) in [4.78, 5) is 0. The summed E-state index contributed by atoms with van der Waals surface area (Å²) in [6.45, 7) is 2.03. The molecule has 0 bridgehead atoms. The van der Waals surface area contributed by atoms with E-state index in [0.717, 1.165) is 22.5 Å². The lowest BCUT2D eigenvalue weighted by atomic mass is 10.2. The van der Waals surface area contributed by atoms with Crippen molar-refractivity contribution in [2.24, 2.45) is 5.73 Å². The predicted molar refractivity (Wildman–Crippen MR) is 74.2 cm³/mol. The topological polar surface area (TPSA) is 72.2 Å². The highest BCUT2D eigenvalue weighted by molar-refractivity contribution is 7.94. The van der Waals surface area contributed by atoms with Gasteiger partial charge in [-0.15, -0.1) is 11.3 Å². The monoisotopic (exact) mass is 300 g/mol. The molecule has 0 fully saturated rings. The Morgan fingerprint density at radius 3 is 2.74 bits per heavy atom. The van der Waals surface area contributed by atoms with Crippen molar-refractivity contribution in [3.05, 3.63) is 46.6 Å². The van der Waals surface area contributed by atoms with E-state index in [1.807, 2.05) is 0 Å². The summed E-state index contributed by atoms with van der Waals surface area (Å²) >= 11 is 1.06. The summed E-state index contributed by atoms with van der Waals surface area (Å²) in [5.41, 5.74) is 6.88. The molecule has 0 atom stereocenters. The second kappa shape index (κ2) is 5.28. The van der Waals surface area contributed by atoms with Crippen molar-refractivity contribution in [1.82, 2.24) is 0 Å². The van der Waals surface area contributed by atoms with Gasteiger partial charge in [0.2, 0.25) is 0 Å². The fourth-order valence-electron chi connectivity index (χ4n) is 1.51. The van der Waals surface area contributed by atoms with Gasteiger partial charge >= 0.3 is 0 Å². The molecule has 2 aromatic rings. The molecule has 0 unspecified atom stereocenters. The maximum absolute atomic E-state index is 13.5. The van der Waals surface area contributed by atoms with Crippen LogP contribution in [0.1, 0.15) is 11.1 Å². The summed E-state index contributed by atoms with van der Waals surface area (Å²) < 4.78 is 40.1. The van der Waals surface area contributed by atoms with Gasteiger partial charge in [-0.1, -0.05) is 6.07 Å². The number of aryl methyl sites for hydroxylation is 1. The summed E-state index contributed by atoms with van der Waals surface area (Å²) in [6.07, 6.45) is 0. The molecule has 7 heteroatoms. The maximum Gasteiger partial charge on any atom is 0.271 e. The summed E-state index contributed by atoms with van der Waals surface area (Å²) in [6, 6.07) is 5.74. The van der Waals surface area contributed by atoms with Crippen LogP contribution in [0.4, 0.5) is 10.1 Å². The Bertz CT molecular complexity index is 696. The van der Waals surface area contributed by atoms with Crippen molar-refractivity contribution in [1.29, 1.82) is 0 Å². The Hall–Kier alpha value is -1.44. The Labute approximate surface area is 115 Å². The van der Waals surface area contributed by atoms with Crippen molar-refractivity contribution in [3.8, 4) is 0 Å². The first-order valence-electron chi connectivity index (χ1n) is 5.49. The fraction of sp³-hybridized carbons (Fsp3) is 0.167. The van der Waals surface area contributed by atoms with E-state index < -0.39 is 15.8 Å². The smallest absolute Gasteiger partial charge is 0.271 e. The third-order valence-corrected chi connectivity index (χ3v) is 5.35. The van der Waals surface area contributed by atoms with Crippen LogP contribution in [-0.2, 0) is 16.6 Å². The molecule has 4 nitrogen and oxygen atoms in total. The molecule has 0 saturated carbocycles. The standard InChI is InChI=1S/C12H13FN2O2S2/c1-8-2-3-10(13)11(4-8)15-19(16,17)12-5-9(6-14)7-18-12/h2-5,7,15H,6,14H2,1H3. The molecule has 0 saturated heterocycles. The number of nitrogens with two attached hydrogens (primary N) is 1. The first-order valence-corrected chi connectivity index (χ1v) is 7.85. The predicted octanol–water partition coefficient (Wildman–Crippen LogP) is 2.46. The lowest BCUT2D eigenvalue weighted by Gasteiger charge is -2.08. The number of rotatable bonds is 4. The molecular formula is C12H13FN2O2S2. The number of thiophene rings is 1. The lowest BCUT2D eigenvalue weighted by molar-refractivity contribution is 0.600. The number of anilines is 1. The number of benzene rings is 1. The van der Waals surface area contributed by atoms with E-state index in [1.165, 1.54) is 18.2 Å². The zero-order valence-electron chi connectivity index (χ0n) is 10.2. The van der Waals surface area contributed by atoms with E-state index in [9.17, 15) is 12.8 Å². The van der Waals surface area contributed by atoms with Crippen molar-refractivity contribution in [2.45, 2.75) is 17.7 Å². The molecule has 1 aromatic carbocycles. The molecule has 0 aliphatic heterocycles. The van der Waals surface area contributed by atoms with Crippen LogP contribution in [-0.4, -0.2) is 8.42 Å². The maximum atomic E-state index is 13.5. The molecule has 0 amide bonds. The molecule has 1 heterocycles. The van der Waals surface area contributed by atoms with Crippen LogP contribution in [0.3, 0.4) is 0 Å². The van der Waals surface area contributed by atoms with E-state index in [4.69, 9.17) is 5.73 Å². The Kier molecular flexibility index (Phi) is 3.88.